The van der Waals surface area contributed by atoms with Gasteiger partial charge in [0.25, 0.3) is 0 Å². The van der Waals surface area contributed by atoms with Gasteiger partial charge in [-0.05, 0) is 31.2 Å². The van der Waals surface area contributed by atoms with E-state index in [0.717, 1.165) is 16.7 Å². The van der Waals surface area contributed by atoms with Gasteiger partial charge in [-0.1, -0.05) is 30.3 Å². The van der Waals surface area contributed by atoms with Crippen LogP contribution in [0, 0.1) is 0 Å². The van der Waals surface area contributed by atoms with Crippen molar-refractivity contribution in [1.82, 2.24) is 9.55 Å². The maximum atomic E-state index is 12.6. The van der Waals surface area contributed by atoms with Crippen LogP contribution in [0.25, 0.3) is 11.0 Å². The first-order chi connectivity index (χ1) is 12.6. The highest BCUT2D eigenvalue weighted by atomic mass is 16.4. The maximum absolute atomic E-state index is 12.6. The second-order valence-corrected chi connectivity index (χ2v) is 6.58. The highest BCUT2D eigenvalue weighted by Crippen LogP contribution is 2.34. The molecule has 0 bridgehead atoms. The van der Waals surface area contributed by atoms with E-state index in [2.05, 4.69) is 4.98 Å². The minimum Gasteiger partial charge on any atom is -0.480 e. The lowest BCUT2D eigenvalue weighted by Gasteiger charge is -2.18. The molecule has 1 fully saturated rings. The van der Waals surface area contributed by atoms with Crippen LogP contribution >= 0.6 is 0 Å². The number of benzene rings is 2. The monoisotopic (exact) mass is 349 g/mol. The number of anilines is 1. The third-order valence-corrected chi connectivity index (χ3v) is 4.93. The fraction of sp³-hybridized carbons (Fsp3) is 0.250. The fourth-order valence-corrected chi connectivity index (χ4v) is 3.61. The lowest BCUT2D eigenvalue weighted by Crippen LogP contribution is -2.25. The zero-order chi connectivity index (χ0) is 18.3. The number of hydrogen-bond donors (Lipinski definition) is 1. The molecule has 1 aliphatic rings. The van der Waals surface area contributed by atoms with Crippen molar-refractivity contribution in [2.45, 2.75) is 25.3 Å². The van der Waals surface area contributed by atoms with Crippen molar-refractivity contribution < 1.29 is 14.7 Å². The average molecular weight is 349 g/mol. The first kappa shape index (κ1) is 16.3. The normalized spacial score (nSPS) is 18.4. The summed E-state index contributed by atoms with van der Waals surface area (Å²) in [5, 5.41) is 9.54. The van der Waals surface area contributed by atoms with Crippen LogP contribution in [0.3, 0.4) is 0 Å². The van der Waals surface area contributed by atoms with Crippen LogP contribution in [0.1, 0.15) is 31.1 Å². The second-order valence-electron chi connectivity index (χ2n) is 6.58. The zero-order valence-electron chi connectivity index (χ0n) is 14.4. The van der Waals surface area contributed by atoms with Gasteiger partial charge < -0.3 is 14.6 Å². The number of carboxylic acid groups (broad SMARTS) is 1. The third-order valence-electron chi connectivity index (χ3n) is 4.93. The number of carbonyl (C=O) groups excluding carboxylic acids is 1. The Hall–Kier alpha value is -3.15. The van der Waals surface area contributed by atoms with Crippen LogP contribution in [0.15, 0.2) is 54.6 Å². The quantitative estimate of drug-likeness (QED) is 0.785. The molecule has 2 aromatic carbocycles. The van der Waals surface area contributed by atoms with Crippen molar-refractivity contribution in [1.29, 1.82) is 0 Å². The van der Waals surface area contributed by atoms with Crippen molar-refractivity contribution in [2.24, 2.45) is 0 Å². The number of carbonyl (C=O) groups is 2. The molecule has 6 nitrogen and oxygen atoms in total. The van der Waals surface area contributed by atoms with Crippen molar-refractivity contribution in [3.8, 4) is 0 Å². The molecule has 1 N–H and O–H groups in total. The summed E-state index contributed by atoms with van der Waals surface area (Å²) >= 11 is 0. The maximum Gasteiger partial charge on any atom is 0.326 e. The van der Waals surface area contributed by atoms with Crippen LogP contribution < -0.4 is 4.90 Å². The van der Waals surface area contributed by atoms with Crippen LogP contribution in [-0.4, -0.2) is 33.1 Å². The smallest absolute Gasteiger partial charge is 0.326 e. The number of amides is 1. The number of imidazole rings is 1. The Morgan fingerprint density at radius 3 is 2.58 bits per heavy atom. The number of aliphatic carboxylic acids is 1. The highest BCUT2D eigenvalue weighted by Gasteiger charge is 2.36. The molecule has 4 rings (SSSR count). The topological polar surface area (TPSA) is 75.4 Å². The molecule has 1 amide bonds. The van der Waals surface area contributed by atoms with Crippen molar-refractivity contribution >= 4 is 28.6 Å². The SMILES string of the molecule is C[C@@H](C(=O)O)n1c([C@H]2CC(=O)N(c3ccccc3)C2)nc2ccccc21. The molecule has 0 radical (unpaired) electrons. The summed E-state index contributed by atoms with van der Waals surface area (Å²) in [6.07, 6.45) is 0.324. The molecule has 6 heteroatoms. The summed E-state index contributed by atoms with van der Waals surface area (Å²) in [7, 11) is 0. The van der Waals surface area contributed by atoms with E-state index in [0.29, 0.717) is 18.8 Å². The molecule has 3 aromatic rings. The van der Waals surface area contributed by atoms with Gasteiger partial charge in [-0.3, -0.25) is 4.79 Å². The molecule has 0 aliphatic carbocycles. The van der Waals surface area contributed by atoms with Gasteiger partial charge in [0.2, 0.25) is 5.91 Å². The molecule has 2 heterocycles. The number of para-hydroxylation sites is 3. The van der Waals surface area contributed by atoms with Crippen LogP contribution in [-0.2, 0) is 9.59 Å². The largest absolute Gasteiger partial charge is 0.480 e. The van der Waals surface area contributed by atoms with Crippen LogP contribution in [0.4, 0.5) is 5.69 Å². The van der Waals surface area contributed by atoms with Crippen LogP contribution in [0.2, 0.25) is 0 Å². The second kappa shape index (κ2) is 6.29. The molecule has 132 valence electrons. The molecule has 26 heavy (non-hydrogen) atoms. The minimum absolute atomic E-state index is 0.0304. The number of nitrogens with zero attached hydrogens (tertiary/aromatic N) is 3. The minimum atomic E-state index is -0.918. The number of hydrogen-bond acceptors (Lipinski definition) is 3. The Morgan fingerprint density at radius 2 is 1.85 bits per heavy atom. The molecule has 0 unspecified atom stereocenters. The number of rotatable bonds is 4. The highest BCUT2D eigenvalue weighted by molar-refractivity contribution is 5.96. The third kappa shape index (κ3) is 2.63. The van der Waals surface area contributed by atoms with E-state index in [-0.39, 0.29) is 11.8 Å². The molecule has 1 saturated heterocycles. The van der Waals surface area contributed by atoms with Gasteiger partial charge in [0.15, 0.2) is 0 Å². The fourth-order valence-electron chi connectivity index (χ4n) is 3.61. The van der Waals surface area contributed by atoms with Gasteiger partial charge in [0, 0.05) is 24.6 Å². The standard InChI is InChI=1S/C20H19N3O3/c1-13(20(25)26)23-17-10-6-5-9-16(17)21-19(23)14-11-18(24)22(12-14)15-7-3-2-4-8-15/h2-10,13-14H,11-12H2,1H3,(H,25,26)/t13-,14-/m0/s1. The molecule has 2 atom stereocenters. The van der Waals surface area contributed by atoms with E-state index >= 15 is 0 Å². The van der Waals surface area contributed by atoms with Gasteiger partial charge >= 0.3 is 5.97 Å². The van der Waals surface area contributed by atoms with E-state index in [1.807, 2.05) is 54.6 Å². The molecule has 0 spiro atoms. The summed E-state index contributed by atoms with van der Waals surface area (Å²) in [4.78, 5) is 30.6. The zero-order valence-corrected chi connectivity index (χ0v) is 14.4. The summed E-state index contributed by atoms with van der Waals surface area (Å²) < 4.78 is 1.75. The number of carboxylic acids is 1. The van der Waals surface area contributed by atoms with Gasteiger partial charge in [-0.2, -0.15) is 0 Å². The van der Waals surface area contributed by atoms with E-state index in [9.17, 15) is 14.7 Å². The van der Waals surface area contributed by atoms with Crippen molar-refractivity contribution in [2.75, 3.05) is 11.4 Å². The molecule has 1 aliphatic heterocycles. The predicted molar refractivity (Wildman–Crippen MR) is 98.2 cm³/mol. The average Bonchev–Trinajstić information content (AvgIpc) is 3.22. The lowest BCUT2D eigenvalue weighted by atomic mass is 10.1. The molecular formula is C20H19N3O3. The molecular weight excluding hydrogens is 330 g/mol. The van der Waals surface area contributed by atoms with E-state index in [1.165, 1.54) is 0 Å². The first-order valence-electron chi connectivity index (χ1n) is 8.61. The Morgan fingerprint density at radius 1 is 1.15 bits per heavy atom. The van der Waals surface area contributed by atoms with Gasteiger partial charge in [0.05, 0.1) is 11.0 Å². The Bertz CT molecular complexity index is 980. The Labute approximate surface area is 150 Å². The summed E-state index contributed by atoms with van der Waals surface area (Å²) in [6.45, 7) is 2.14. The lowest BCUT2D eigenvalue weighted by molar-refractivity contribution is -0.140. The molecule has 1 aromatic heterocycles. The van der Waals surface area contributed by atoms with E-state index < -0.39 is 12.0 Å². The summed E-state index contributed by atoms with van der Waals surface area (Å²) in [5.41, 5.74) is 2.39. The van der Waals surface area contributed by atoms with Crippen LogP contribution in [0.5, 0.6) is 0 Å². The first-order valence-corrected chi connectivity index (χ1v) is 8.61. The van der Waals surface area contributed by atoms with Crippen molar-refractivity contribution in [3.63, 3.8) is 0 Å². The Kier molecular flexibility index (Phi) is 3.95. The number of aromatic nitrogens is 2. The van der Waals surface area contributed by atoms with Gasteiger partial charge in [-0.25, -0.2) is 9.78 Å². The van der Waals surface area contributed by atoms with Crippen molar-refractivity contribution in [3.05, 3.63) is 60.4 Å². The predicted octanol–water partition coefficient (Wildman–Crippen LogP) is 3.20. The summed E-state index contributed by atoms with van der Waals surface area (Å²) in [5.74, 6) is -0.369. The van der Waals surface area contributed by atoms with E-state index in [4.69, 9.17) is 0 Å². The van der Waals surface area contributed by atoms with E-state index in [1.54, 1.807) is 16.4 Å². The van der Waals surface area contributed by atoms with Gasteiger partial charge in [-0.15, -0.1) is 0 Å². The Balaban J connectivity index is 1.76. The summed E-state index contributed by atoms with van der Waals surface area (Å²) in [6, 6.07) is 16.3. The number of fused-ring (bicyclic) bond motifs is 1. The van der Waals surface area contributed by atoms with Gasteiger partial charge in [0.1, 0.15) is 11.9 Å². The molecule has 0 saturated carbocycles.